The van der Waals surface area contributed by atoms with Crippen LogP contribution in [-0.4, -0.2) is 21.3 Å². The maximum Gasteiger partial charge on any atom is 0.228 e. The number of aromatic amines is 1. The van der Waals surface area contributed by atoms with Crippen LogP contribution < -0.4 is 5.32 Å². The van der Waals surface area contributed by atoms with Gasteiger partial charge in [-0.1, -0.05) is 0 Å². The number of nitrogens with zero attached hydrogens (tertiary/aromatic N) is 2. The Morgan fingerprint density at radius 3 is 2.69 bits per heavy atom. The average Bonchev–Trinajstić information content (AvgIpc) is 2.87. The van der Waals surface area contributed by atoms with E-state index in [0.717, 1.165) is 24.7 Å². The van der Waals surface area contributed by atoms with Crippen LogP contribution in [0.4, 0.5) is 5.82 Å². The van der Waals surface area contributed by atoms with E-state index in [-0.39, 0.29) is 11.8 Å². The fourth-order valence-corrected chi connectivity index (χ4v) is 2.74. The summed E-state index contributed by atoms with van der Waals surface area (Å²) >= 11 is 0. The third kappa shape index (κ3) is 1.94. The highest BCUT2D eigenvalue weighted by Crippen LogP contribution is 2.49. The molecule has 1 heterocycles. The van der Waals surface area contributed by atoms with E-state index in [2.05, 4.69) is 20.7 Å². The van der Waals surface area contributed by atoms with Crippen molar-refractivity contribution < 1.29 is 4.79 Å². The van der Waals surface area contributed by atoms with Crippen molar-refractivity contribution in [3.05, 3.63) is 6.20 Å². The molecule has 3 atom stereocenters. The number of aromatic nitrogens is 3. The summed E-state index contributed by atoms with van der Waals surface area (Å²) < 4.78 is 0. The van der Waals surface area contributed by atoms with Crippen LogP contribution in [-0.2, 0) is 4.79 Å². The van der Waals surface area contributed by atoms with Crippen LogP contribution in [0.3, 0.4) is 0 Å². The van der Waals surface area contributed by atoms with Gasteiger partial charge >= 0.3 is 0 Å². The van der Waals surface area contributed by atoms with E-state index >= 15 is 0 Å². The lowest BCUT2D eigenvalue weighted by atomic mass is 9.97. The van der Waals surface area contributed by atoms with Crippen molar-refractivity contribution in [2.75, 3.05) is 5.32 Å². The van der Waals surface area contributed by atoms with Gasteiger partial charge in [-0.15, -0.1) is 5.10 Å². The van der Waals surface area contributed by atoms with Crippen LogP contribution >= 0.6 is 0 Å². The number of fused-ring (bicyclic) bond motifs is 1. The Balaban J connectivity index is 1.57. The number of nitrogens with one attached hydrogen (secondary N) is 2. The molecular weight excluding hydrogens is 204 g/mol. The Labute approximate surface area is 94.0 Å². The van der Waals surface area contributed by atoms with Gasteiger partial charge < -0.3 is 5.32 Å². The van der Waals surface area contributed by atoms with Crippen LogP contribution in [0.25, 0.3) is 0 Å². The molecule has 0 spiro atoms. The molecule has 0 bridgehead atoms. The Morgan fingerprint density at radius 1 is 1.31 bits per heavy atom. The van der Waals surface area contributed by atoms with Gasteiger partial charge in [-0.25, -0.2) is 0 Å². The number of rotatable bonds is 2. The highest BCUT2D eigenvalue weighted by atomic mass is 16.2. The van der Waals surface area contributed by atoms with Gasteiger partial charge in [0.25, 0.3) is 0 Å². The molecule has 1 aromatic rings. The predicted molar refractivity (Wildman–Crippen MR) is 58.6 cm³/mol. The van der Waals surface area contributed by atoms with Crippen LogP contribution in [0.5, 0.6) is 0 Å². The van der Waals surface area contributed by atoms with Gasteiger partial charge in [-0.3, -0.25) is 4.79 Å². The van der Waals surface area contributed by atoms with Crippen LogP contribution in [0, 0.1) is 17.8 Å². The second-order valence-corrected chi connectivity index (χ2v) is 4.95. The smallest absolute Gasteiger partial charge is 0.228 e. The van der Waals surface area contributed by atoms with E-state index < -0.39 is 0 Å². The topological polar surface area (TPSA) is 70.7 Å². The zero-order valence-corrected chi connectivity index (χ0v) is 9.15. The van der Waals surface area contributed by atoms with Crippen molar-refractivity contribution >= 4 is 11.7 Å². The Hall–Kier alpha value is -1.39. The molecule has 5 nitrogen and oxygen atoms in total. The van der Waals surface area contributed by atoms with Crippen molar-refractivity contribution in [1.29, 1.82) is 0 Å². The van der Waals surface area contributed by atoms with E-state index in [1.807, 2.05) is 0 Å². The van der Waals surface area contributed by atoms with E-state index in [0.29, 0.717) is 5.82 Å². The molecule has 0 aliphatic heterocycles. The second kappa shape index (κ2) is 3.88. The summed E-state index contributed by atoms with van der Waals surface area (Å²) in [5.41, 5.74) is 0. The number of amides is 1. The van der Waals surface area contributed by atoms with Gasteiger partial charge in [0.1, 0.15) is 0 Å². The lowest BCUT2D eigenvalue weighted by Gasteiger charge is -2.13. The second-order valence-electron chi connectivity index (χ2n) is 4.95. The largest absolute Gasteiger partial charge is 0.308 e. The first-order valence-electron chi connectivity index (χ1n) is 5.99. The summed E-state index contributed by atoms with van der Waals surface area (Å²) in [5.74, 6) is 2.65. The zero-order valence-electron chi connectivity index (χ0n) is 9.15. The molecule has 1 aromatic heterocycles. The third-order valence-corrected chi connectivity index (χ3v) is 3.88. The molecule has 1 unspecified atom stereocenters. The van der Waals surface area contributed by atoms with Crippen molar-refractivity contribution in [1.82, 2.24) is 15.4 Å². The molecule has 86 valence electrons. The Kier molecular flexibility index (Phi) is 2.38. The minimum absolute atomic E-state index is 0.107. The molecule has 5 heteroatoms. The predicted octanol–water partition coefficient (Wildman–Crippen LogP) is 1.57. The van der Waals surface area contributed by atoms with E-state index in [9.17, 15) is 4.79 Å². The van der Waals surface area contributed by atoms with E-state index in [1.54, 1.807) is 0 Å². The summed E-state index contributed by atoms with van der Waals surface area (Å²) in [6, 6.07) is 0. The Morgan fingerprint density at radius 2 is 2.06 bits per heavy atom. The fourth-order valence-electron chi connectivity index (χ4n) is 2.74. The molecule has 3 rings (SSSR count). The van der Waals surface area contributed by atoms with Gasteiger partial charge in [0.2, 0.25) is 5.91 Å². The number of hydrogen-bond acceptors (Lipinski definition) is 3. The normalized spacial score (nSPS) is 32.6. The molecule has 0 aromatic carbocycles. The lowest BCUT2D eigenvalue weighted by Crippen LogP contribution is -2.22. The van der Waals surface area contributed by atoms with E-state index in [4.69, 9.17) is 0 Å². The zero-order chi connectivity index (χ0) is 11.0. The van der Waals surface area contributed by atoms with Gasteiger partial charge in [-0.05, 0) is 43.9 Å². The number of anilines is 1. The maximum atomic E-state index is 11.9. The molecule has 2 N–H and O–H groups in total. The quantitative estimate of drug-likeness (QED) is 0.794. The molecular formula is C11H16N4O. The summed E-state index contributed by atoms with van der Waals surface area (Å²) in [6.07, 6.45) is 7.45. The van der Waals surface area contributed by atoms with Gasteiger partial charge in [0, 0.05) is 5.92 Å². The fraction of sp³-hybridized carbons (Fsp3) is 0.727. The lowest BCUT2D eigenvalue weighted by molar-refractivity contribution is -0.120. The monoisotopic (exact) mass is 220 g/mol. The standard InChI is InChI=1S/C11H16N4O/c16-11(13-10-6-12-15-14-10)7-1-3-8-5-9(8)4-2-7/h6-9H,1-5H2,(H2,12,13,14,15,16)/t7?,8-,9+. The summed E-state index contributed by atoms with van der Waals surface area (Å²) in [4.78, 5) is 11.9. The molecule has 1 amide bonds. The number of H-pyrrole nitrogens is 1. The minimum atomic E-state index is 0.107. The average molecular weight is 220 g/mol. The minimum Gasteiger partial charge on any atom is -0.308 e. The highest BCUT2D eigenvalue weighted by Gasteiger charge is 2.40. The third-order valence-electron chi connectivity index (χ3n) is 3.88. The van der Waals surface area contributed by atoms with Gasteiger partial charge in [0.15, 0.2) is 5.82 Å². The first-order valence-corrected chi connectivity index (χ1v) is 5.99. The summed E-state index contributed by atoms with van der Waals surface area (Å²) in [6.45, 7) is 0. The molecule has 2 fully saturated rings. The molecule has 2 aliphatic carbocycles. The van der Waals surface area contributed by atoms with Crippen LogP contribution in [0.2, 0.25) is 0 Å². The van der Waals surface area contributed by atoms with Crippen molar-refractivity contribution in [3.63, 3.8) is 0 Å². The van der Waals surface area contributed by atoms with E-state index in [1.165, 1.54) is 25.5 Å². The Bertz CT molecular complexity index is 363. The molecule has 2 saturated carbocycles. The molecule has 2 aliphatic rings. The summed E-state index contributed by atoms with van der Waals surface area (Å²) in [7, 11) is 0. The first kappa shape index (κ1) is 9.81. The molecule has 16 heavy (non-hydrogen) atoms. The van der Waals surface area contributed by atoms with Gasteiger partial charge in [-0.2, -0.15) is 10.3 Å². The number of carbonyl (C=O) groups excluding carboxylic acids is 1. The molecule has 0 radical (unpaired) electrons. The van der Waals surface area contributed by atoms with Crippen LogP contribution in [0.15, 0.2) is 6.20 Å². The highest BCUT2D eigenvalue weighted by molar-refractivity contribution is 5.91. The first-order chi connectivity index (χ1) is 7.83. The van der Waals surface area contributed by atoms with Crippen LogP contribution in [0.1, 0.15) is 32.1 Å². The van der Waals surface area contributed by atoms with Crippen molar-refractivity contribution in [3.8, 4) is 0 Å². The van der Waals surface area contributed by atoms with Gasteiger partial charge in [0.05, 0.1) is 6.20 Å². The maximum absolute atomic E-state index is 11.9. The number of carbonyl (C=O) groups is 1. The summed E-state index contributed by atoms with van der Waals surface area (Å²) in [5, 5.41) is 12.8. The molecule has 0 saturated heterocycles. The number of hydrogen-bond donors (Lipinski definition) is 2. The van der Waals surface area contributed by atoms with Crippen molar-refractivity contribution in [2.24, 2.45) is 17.8 Å². The SMILES string of the molecule is O=C(Nc1cn[nH]n1)C1CC[C@@H]2C[C@@H]2CC1. The van der Waals surface area contributed by atoms with Crippen molar-refractivity contribution in [2.45, 2.75) is 32.1 Å².